The van der Waals surface area contributed by atoms with Crippen LogP contribution in [0.3, 0.4) is 0 Å². The van der Waals surface area contributed by atoms with Gasteiger partial charge in [-0.1, -0.05) is 13.8 Å². The van der Waals surface area contributed by atoms with Gasteiger partial charge in [0.15, 0.2) is 0 Å². The van der Waals surface area contributed by atoms with E-state index in [0.717, 1.165) is 19.5 Å². The maximum Gasteiger partial charge on any atom is 0.0702 e. The van der Waals surface area contributed by atoms with E-state index >= 15 is 0 Å². The van der Waals surface area contributed by atoms with Crippen LogP contribution in [0.5, 0.6) is 0 Å². The molecule has 0 aromatic carbocycles. The van der Waals surface area contributed by atoms with Gasteiger partial charge in [-0.15, -0.1) is 11.3 Å². The average molecular weight is 303 g/mol. The summed E-state index contributed by atoms with van der Waals surface area (Å²) < 4.78 is 1.20. The van der Waals surface area contributed by atoms with Gasteiger partial charge >= 0.3 is 0 Å². The van der Waals surface area contributed by atoms with Gasteiger partial charge in [0.2, 0.25) is 0 Å². The van der Waals surface area contributed by atoms with Crippen molar-refractivity contribution in [3.63, 3.8) is 0 Å². The molecule has 0 amide bonds. The van der Waals surface area contributed by atoms with Crippen LogP contribution in [0.4, 0.5) is 0 Å². The van der Waals surface area contributed by atoms with Gasteiger partial charge in [-0.25, -0.2) is 0 Å². The molecule has 1 aliphatic rings. The number of likely N-dealkylation sites (tertiary alicyclic amines) is 1. The van der Waals surface area contributed by atoms with Gasteiger partial charge in [-0.2, -0.15) is 0 Å². The zero-order chi connectivity index (χ0) is 11.7. The first-order valence-electron chi connectivity index (χ1n) is 5.83. The Morgan fingerprint density at radius 1 is 1.56 bits per heavy atom. The standard InChI is InChI=1S/C12H19BrN2S/c1-8(2)7-15-6-5-9(14)12(15)10-3-4-11(13)16-10/h3-4,8-9,12H,5-7,14H2,1-2H3. The zero-order valence-corrected chi connectivity index (χ0v) is 12.2. The molecule has 1 aromatic rings. The van der Waals surface area contributed by atoms with Crippen molar-refractivity contribution in [2.24, 2.45) is 11.7 Å². The number of nitrogens with two attached hydrogens (primary N) is 1. The molecule has 2 heterocycles. The van der Waals surface area contributed by atoms with Crippen molar-refractivity contribution in [1.29, 1.82) is 0 Å². The lowest BCUT2D eigenvalue weighted by Gasteiger charge is -2.27. The van der Waals surface area contributed by atoms with Crippen molar-refractivity contribution in [1.82, 2.24) is 4.90 Å². The average Bonchev–Trinajstić information content (AvgIpc) is 2.73. The van der Waals surface area contributed by atoms with Crippen LogP contribution < -0.4 is 5.73 Å². The smallest absolute Gasteiger partial charge is 0.0702 e. The monoisotopic (exact) mass is 302 g/mol. The number of hydrogen-bond donors (Lipinski definition) is 1. The Kier molecular flexibility index (Phi) is 4.06. The number of hydrogen-bond acceptors (Lipinski definition) is 3. The summed E-state index contributed by atoms with van der Waals surface area (Å²) in [6, 6.07) is 5.05. The Hall–Kier alpha value is 0.1000. The zero-order valence-electron chi connectivity index (χ0n) is 9.82. The van der Waals surface area contributed by atoms with E-state index in [2.05, 4.69) is 46.8 Å². The molecule has 0 saturated carbocycles. The fourth-order valence-corrected chi connectivity index (χ4v) is 4.07. The van der Waals surface area contributed by atoms with Gasteiger partial charge in [0, 0.05) is 24.0 Å². The second-order valence-corrected chi connectivity index (χ2v) is 7.42. The van der Waals surface area contributed by atoms with E-state index in [0.29, 0.717) is 18.0 Å². The predicted molar refractivity (Wildman–Crippen MR) is 73.8 cm³/mol. The Morgan fingerprint density at radius 2 is 2.31 bits per heavy atom. The fraction of sp³-hybridized carbons (Fsp3) is 0.667. The van der Waals surface area contributed by atoms with Crippen LogP contribution in [-0.4, -0.2) is 24.0 Å². The molecule has 2 atom stereocenters. The quantitative estimate of drug-likeness (QED) is 0.929. The van der Waals surface area contributed by atoms with Gasteiger partial charge in [-0.05, 0) is 40.4 Å². The topological polar surface area (TPSA) is 29.3 Å². The molecule has 1 saturated heterocycles. The highest BCUT2D eigenvalue weighted by Crippen LogP contribution is 2.37. The maximum absolute atomic E-state index is 6.24. The summed E-state index contributed by atoms with van der Waals surface area (Å²) in [6.07, 6.45) is 1.12. The first kappa shape index (κ1) is 12.6. The van der Waals surface area contributed by atoms with Crippen molar-refractivity contribution in [3.8, 4) is 0 Å². The number of halogens is 1. The second kappa shape index (κ2) is 5.17. The Bertz CT molecular complexity index is 351. The van der Waals surface area contributed by atoms with Crippen LogP contribution in [-0.2, 0) is 0 Å². The van der Waals surface area contributed by atoms with Crippen LogP contribution in [0, 0.1) is 5.92 Å². The third kappa shape index (κ3) is 2.67. The van der Waals surface area contributed by atoms with Crippen molar-refractivity contribution in [3.05, 3.63) is 20.8 Å². The van der Waals surface area contributed by atoms with E-state index in [1.807, 2.05) is 11.3 Å². The Morgan fingerprint density at radius 3 is 2.88 bits per heavy atom. The summed E-state index contributed by atoms with van der Waals surface area (Å²) in [5.41, 5.74) is 6.24. The summed E-state index contributed by atoms with van der Waals surface area (Å²) >= 11 is 5.34. The summed E-state index contributed by atoms with van der Waals surface area (Å²) in [6.45, 7) is 6.82. The van der Waals surface area contributed by atoms with Gasteiger partial charge in [0.05, 0.1) is 9.83 Å². The van der Waals surface area contributed by atoms with Crippen molar-refractivity contribution >= 4 is 27.3 Å². The molecule has 1 fully saturated rings. The lowest BCUT2D eigenvalue weighted by Crippen LogP contribution is -2.33. The lowest BCUT2D eigenvalue weighted by molar-refractivity contribution is 0.224. The van der Waals surface area contributed by atoms with E-state index < -0.39 is 0 Å². The first-order valence-corrected chi connectivity index (χ1v) is 7.43. The molecule has 2 nitrogen and oxygen atoms in total. The van der Waals surface area contributed by atoms with Gasteiger partial charge in [-0.3, -0.25) is 4.90 Å². The minimum absolute atomic E-state index is 0.296. The molecule has 2 unspecified atom stereocenters. The first-order chi connectivity index (χ1) is 7.58. The van der Waals surface area contributed by atoms with Crippen LogP contribution in [0.25, 0.3) is 0 Å². The molecule has 0 radical (unpaired) electrons. The van der Waals surface area contributed by atoms with E-state index in [4.69, 9.17) is 5.73 Å². The molecule has 4 heteroatoms. The van der Waals surface area contributed by atoms with Crippen LogP contribution in [0.15, 0.2) is 15.9 Å². The highest BCUT2D eigenvalue weighted by molar-refractivity contribution is 9.11. The lowest BCUT2D eigenvalue weighted by atomic mass is 10.1. The number of nitrogens with zero attached hydrogens (tertiary/aromatic N) is 1. The molecule has 1 aliphatic heterocycles. The minimum atomic E-state index is 0.296. The van der Waals surface area contributed by atoms with E-state index in [1.165, 1.54) is 8.66 Å². The van der Waals surface area contributed by atoms with Crippen molar-refractivity contribution in [2.45, 2.75) is 32.4 Å². The SMILES string of the molecule is CC(C)CN1CCC(N)C1c1ccc(Br)s1. The van der Waals surface area contributed by atoms with Gasteiger partial charge in [0.25, 0.3) is 0 Å². The molecule has 90 valence electrons. The van der Waals surface area contributed by atoms with Gasteiger partial charge < -0.3 is 5.73 Å². The highest BCUT2D eigenvalue weighted by Gasteiger charge is 2.33. The van der Waals surface area contributed by atoms with Crippen molar-refractivity contribution in [2.75, 3.05) is 13.1 Å². The molecule has 2 N–H and O–H groups in total. The third-order valence-electron chi connectivity index (χ3n) is 3.03. The summed E-state index contributed by atoms with van der Waals surface area (Å²) in [7, 11) is 0. The van der Waals surface area contributed by atoms with Crippen LogP contribution in [0.2, 0.25) is 0 Å². The normalized spacial score (nSPS) is 26.8. The fourth-order valence-electron chi connectivity index (χ4n) is 2.43. The highest BCUT2D eigenvalue weighted by atomic mass is 79.9. The summed E-state index contributed by atoms with van der Waals surface area (Å²) in [5, 5.41) is 0. The summed E-state index contributed by atoms with van der Waals surface area (Å²) in [5.74, 6) is 0.705. The minimum Gasteiger partial charge on any atom is -0.326 e. The largest absolute Gasteiger partial charge is 0.326 e. The maximum atomic E-state index is 6.24. The van der Waals surface area contributed by atoms with Crippen molar-refractivity contribution < 1.29 is 0 Å². The summed E-state index contributed by atoms with van der Waals surface area (Å²) in [4.78, 5) is 3.94. The molecule has 0 aliphatic carbocycles. The molecule has 16 heavy (non-hydrogen) atoms. The number of rotatable bonds is 3. The molecule has 0 bridgehead atoms. The third-order valence-corrected chi connectivity index (χ3v) is 4.73. The Labute approximate surface area is 110 Å². The van der Waals surface area contributed by atoms with Gasteiger partial charge in [0.1, 0.15) is 0 Å². The molecular weight excluding hydrogens is 284 g/mol. The molecule has 1 aromatic heterocycles. The molecule has 0 spiro atoms. The van der Waals surface area contributed by atoms with E-state index in [-0.39, 0.29) is 0 Å². The van der Waals surface area contributed by atoms with E-state index in [9.17, 15) is 0 Å². The Balaban J connectivity index is 2.15. The second-order valence-electron chi connectivity index (χ2n) is 4.93. The molecular formula is C12H19BrN2S. The van der Waals surface area contributed by atoms with Crippen LogP contribution >= 0.6 is 27.3 Å². The predicted octanol–water partition coefficient (Wildman–Crippen LogP) is 3.24. The van der Waals surface area contributed by atoms with Crippen LogP contribution in [0.1, 0.15) is 31.2 Å². The molecule has 2 rings (SSSR count). The number of thiophene rings is 1. The van der Waals surface area contributed by atoms with E-state index in [1.54, 1.807) is 0 Å².